The predicted molar refractivity (Wildman–Crippen MR) is 73.0 cm³/mol. The third-order valence-electron chi connectivity index (χ3n) is 3.04. The van der Waals surface area contributed by atoms with E-state index in [0.29, 0.717) is 5.91 Å². The lowest BCUT2D eigenvalue weighted by atomic mass is 10.1. The Morgan fingerprint density at radius 3 is 2.67 bits per heavy atom. The zero-order chi connectivity index (χ0) is 11.9. The van der Waals surface area contributed by atoms with Gasteiger partial charge in [-0.15, -0.1) is 0 Å². The number of amides is 1. The molecule has 3 rings (SSSR count). The number of nitrogens with zero attached hydrogens (tertiary/aromatic N) is 1. The van der Waals surface area contributed by atoms with Crippen LogP contribution in [0.3, 0.4) is 0 Å². The topological polar surface area (TPSA) is 41.6 Å². The molecule has 2 heterocycles. The lowest BCUT2D eigenvalue weighted by Gasteiger charge is -2.20. The van der Waals surface area contributed by atoms with E-state index in [-0.39, 0.29) is 7.43 Å². The Morgan fingerprint density at radius 2 is 2.22 bits per heavy atom. The maximum Gasteiger partial charge on any atom is 0.226 e. The zero-order valence-corrected chi connectivity index (χ0v) is 10.2. The van der Waals surface area contributed by atoms with Gasteiger partial charge >= 0.3 is 0 Å². The molecule has 0 saturated carbocycles. The number of ether oxygens (including phenoxy) is 1. The number of hydrogen-bond acceptors (Lipinski definition) is 3. The molecule has 0 bridgehead atoms. The summed E-state index contributed by atoms with van der Waals surface area (Å²) in [6.07, 6.45) is 10.1. The Morgan fingerprint density at radius 1 is 1.33 bits per heavy atom. The van der Waals surface area contributed by atoms with E-state index < -0.39 is 0 Å². The molecular formula is C14H24N2O2. The highest BCUT2D eigenvalue weighted by Crippen LogP contribution is 2.22. The minimum atomic E-state index is 0. The van der Waals surface area contributed by atoms with Crippen LogP contribution >= 0.6 is 0 Å². The summed E-state index contributed by atoms with van der Waals surface area (Å²) >= 11 is 0. The van der Waals surface area contributed by atoms with Crippen molar-refractivity contribution in [3.05, 3.63) is 23.9 Å². The lowest BCUT2D eigenvalue weighted by Crippen LogP contribution is -2.24. The van der Waals surface area contributed by atoms with E-state index in [0.717, 1.165) is 52.1 Å². The maximum absolute atomic E-state index is 11.3. The van der Waals surface area contributed by atoms with Gasteiger partial charge in [-0.1, -0.05) is 19.6 Å². The Kier molecular flexibility index (Phi) is 6.68. The van der Waals surface area contributed by atoms with E-state index in [1.165, 1.54) is 5.70 Å². The van der Waals surface area contributed by atoms with E-state index in [1.54, 1.807) is 0 Å². The van der Waals surface area contributed by atoms with Crippen molar-refractivity contribution in [2.45, 2.75) is 33.1 Å². The minimum absolute atomic E-state index is 0. The number of likely N-dealkylation sites (tertiary alicyclic amines) is 1. The SMILES string of the molecule is C.C1COCN1.O=C1CCCN1C1=CC=CCC1. The summed E-state index contributed by atoms with van der Waals surface area (Å²) in [5.41, 5.74) is 1.21. The molecule has 2 saturated heterocycles. The van der Waals surface area contributed by atoms with Crippen LogP contribution in [0.4, 0.5) is 0 Å². The van der Waals surface area contributed by atoms with E-state index >= 15 is 0 Å². The normalized spacial score (nSPS) is 22.1. The molecule has 0 unspecified atom stereocenters. The van der Waals surface area contributed by atoms with Gasteiger partial charge in [0.25, 0.3) is 0 Å². The monoisotopic (exact) mass is 252 g/mol. The molecule has 2 aliphatic heterocycles. The molecule has 102 valence electrons. The first-order chi connectivity index (χ1) is 8.38. The average Bonchev–Trinajstić information content (AvgIpc) is 3.03. The summed E-state index contributed by atoms with van der Waals surface area (Å²) in [5.74, 6) is 0.302. The molecule has 2 fully saturated rings. The van der Waals surface area contributed by atoms with Crippen LogP contribution in [0.2, 0.25) is 0 Å². The number of carbonyl (C=O) groups excluding carboxylic acids is 1. The quantitative estimate of drug-likeness (QED) is 0.776. The zero-order valence-electron chi connectivity index (χ0n) is 10.2. The summed E-state index contributed by atoms with van der Waals surface area (Å²) < 4.78 is 4.83. The van der Waals surface area contributed by atoms with Crippen molar-refractivity contribution in [3.63, 3.8) is 0 Å². The molecule has 3 aliphatic rings. The molecular weight excluding hydrogens is 228 g/mol. The van der Waals surface area contributed by atoms with Crippen molar-refractivity contribution >= 4 is 5.91 Å². The van der Waals surface area contributed by atoms with Crippen LogP contribution in [-0.2, 0) is 9.53 Å². The highest BCUT2D eigenvalue weighted by Gasteiger charge is 2.22. The first-order valence-electron chi connectivity index (χ1n) is 6.32. The largest absolute Gasteiger partial charge is 0.365 e. The average molecular weight is 252 g/mol. The van der Waals surface area contributed by atoms with Gasteiger partial charge in [0.2, 0.25) is 5.91 Å². The molecule has 1 N–H and O–H groups in total. The van der Waals surface area contributed by atoms with Crippen molar-refractivity contribution in [1.82, 2.24) is 10.2 Å². The van der Waals surface area contributed by atoms with Gasteiger partial charge in [0.15, 0.2) is 0 Å². The highest BCUT2D eigenvalue weighted by atomic mass is 16.5. The van der Waals surface area contributed by atoms with Crippen LogP contribution in [-0.4, -0.2) is 37.2 Å². The van der Waals surface area contributed by atoms with Crippen molar-refractivity contribution in [1.29, 1.82) is 0 Å². The van der Waals surface area contributed by atoms with Gasteiger partial charge in [-0.3, -0.25) is 10.1 Å². The van der Waals surface area contributed by atoms with Crippen molar-refractivity contribution < 1.29 is 9.53 Å². The molecule has 0 atom stereocenters. The van der Waals surface area contributed by atoms with E-state index in [4.69, 9.17) is 4.74 Å². The first-order valence-corrected chi connectivity index (χ1v) is 6.32. The van der Waals surface area contributed by atoms with Crippen LogP contribution in [0.1, 0.15) is 33.1 Å². The second-order valence-corrected chi connectivity index (χ2v) is 4.33. The molecule has 4 nitrogen and oxygen atoms in total. The summed E-state index contributed by atoms with van der Waals surface area (Å²) in [5, 5.41) is 3.00. The molecule has 0 aromatic carbocycles. The third-order valence-corrected chi connectivity index (χ3v) is 3.04. The standard InChI is InChI=1S/C10H13NO.C3H7NO.CH4/c12-10-7-4-8-11(10)9-5-2-1-3-6-9;1-2-5-3-4-1;/h1-2,5H,3-4,6-8H2;4H,1-3H2;1H4. The van der Waals surface area contributed by atoms with Gasteiger partial charge < -0.3 is 9.64 Å². The molecule has 4 heteroatoms. The fourth-order valence-electron chi connectivity index (χ4n) is 2.13. The fourth-order valence-corrected chi connectivity index (χ4v) is 2.13. The van der Waals surface area contributed by atoms with Gasteiger partial charge in [-0.2, -0.15) is 0 Å². The Bertz CT molecular complexity index is 312. The second kappa shape index (κ2) is 8.06. The molecule has 1 aliphatic carbocycles. The van der Waals surface area contributed by atoms with Gasteiger partial charge in [-0.25, -0.2) is 0 Å². The van der Waals surface area contributed by atoms with Gasteiger partial charge in [0.1, 0.15) is 0 Å². The summed E-state index contributed by atoms with van der Waals surface area (Å²) in [6, 6.07) is 0. The maximum atomic E-state index is 11.3. The number of allylic oxidation sites excluding steroid dienone is 4. The lowest BCUT2D eigenvalue weighted by molar-refractivity contribution is -0.126. The van der Waals surface area contributed by atoms with Crippen molar-refractivity contribution in [2.75, 3.05) is 26.4 Å². The van der Waals surface area contributed by atoms with Crippen molar-refractivity contribution in [3.8, 4) is 0 Å². The van der Waals surface area contributed by atoms with Crippen LogP contribution in [0.5, 0.6) is 0 Å². The molecule has 0 aromatic rings. The summed E-state index contributed by atoms with van der Waals surface area (Å²) in [6.45, 7) is 3.60. The Labute approximate surface area is 110 Å². The van der Waals surface area contributed by atoms with Gasteiger partial charge in [-0.05, 0) is 25.3 Å². The second-order valence-electron chi connectivity index (χ2n) is 4.33. The molecule has 0 aromatic heterocycles. The Hall–Kier alpha value is -1.13. The highest BCUT2D eigenvalue weighted by molar-refractivity contribution is 5.80. The minimum Gasteiger partial charge on any atom is -0.365 e. The molecule has 18 heavy (non-hydrogen) atoms. The third kappa shape index (κ3) is 4.27. The summed E-state index contributed by atoms with van der Waals surface area (Å²) in [7, 11) is 0. The van der Waals surface area contributed by atoms with Crippen molar-refractivity contribution in [2.24, 2.45) is 0 Å². The van der Waals surface area contributed by atoms with E-state index in [1.807, 2.05) is 11.0 Å². The van der Waals surface area contributed by atoms with Gasteiger partial charge in [0, 0.05) is 25.2 Å². The number of nitrogens with one attached hydrogen (secondary N) is 1. The van der Waals surface area contributed by atoms with Crippen LogP contribution in [0, 0.1) is 0 Å². The summed E-state index contributed by atoms with van der Waals surface area (Å²) in [4.78, 5) is 13.3. The molecule has 0 spiro atoms. The molecule has 1 amide bonds. The molecule has 0 radical (unpaired) electrons. The smallest absolute Gasteiger partial charge is 0.226 e. The van der Waals surface area contributed by atoms with Crippen LogP contribution < -0.4 is 5.32 Å². The predicted octanol–water partition coefficient (Wildman–Crippen LogP) is 2.04. The van der Waals surface area contributed by atoms with E-state index in [2.05, 4.69) is 17.5 Å². The Balaban J connectivity index is 0.000000230. The number of rotatable bonds is 1. The number of carbonyl (C=O) groups is 1. The van der Waals surface area contributed by atoms with E-state index in [9.17, 15) is 4.79 Å². The van der Waals surface area contributed by atoms with Crippen LogP contribution in [0.25, 0.3) is 0 Å². The number of hydrogen-bond donors (Lipinski definition) is 1. The first kappa shape index (κ1) is 14.9. The van der Waals surface area contributed by atoms with Crippen LogP contribution in [0.15, 0.2) is 23.9 Å². The fraction of sp³-hybridized carbons (Fsp3) is 0.643. The van der Waals surface area contributed by atoms with Gasteiger partial charge in [0.05, 0.1) is 13.3 Å².